The molecular weight excluding hydrogens is 273 g/mol. The Labute approximate surface area is 119 Å². The Morgan fingerprint density at radius 3 is 2.43 bits per heavy atom. The number of anilines is 1. The molecule has 0 unspecified atom stereocenters. The Bertz CT molecular complexity index is 763. The average molecular weight is 283 g/mol. The molecule has 0 saturated heterocycles. The van der Waals surface area contributed by atoms with Gasteiger partial charge in [0.1, 0.15) is 5.82 Å². The minimum absolute atomic E-state index is 0.0197. The maximum atomic E-state index is 13.5. The largest absolute Gasteiger partial charge is 0.478 e. The van der Waals surface area contributed by atoms with Gasteiger partial charge in [-0.05, 0) is 24.3 Å². The number of nitrogens with zero attached hydrogens (tertiary/aromatic N) is 1. The molecule has 0 aromatic heterocycles. The van der Waals surface area contributed by atoms with E-state index in [2.05, 4.69) is 6.58 Å². The summed E-state index contributed by atoms with van der Waals surface area (Å²) in [6.07, 6.45) is 0. The number of rotatable bonds is 2. The predicted octanol–water partition coefficient (Wildman–Crippen LogP) is 3.16. The second kappa shape index (κ2) is 4.56. The third-order valence-electron chi connectivity index (χ3n) is 3.37. The second-order valence-electron chi connectivity index (χ2n) is 4.60. The van der Waals surface area contributed by atoms with Crippen LogP contribution in [0.5, 0.6) is 0 Å². The van der Waals surface area contributed by atoms with Gasteiger partial charge in [0.15, 0.2) is 0 Å². The van der Waals surface area contributed by atoms with E-state index in [0.29, 0.717) is 16.8 Å². The van der Waals surface area contributed by atoms with Gasteiger partial charge in [-0.15, -0.1) is 0 Å². The highest BCUT2D eigenvalue weighted by molar-refractivity contribution is 6.23. The molecule has 0 bridgehead atoms. The van der Waals surface area contributed by atoms with E-state index in [-0.39, 0.29) is 11.3 Å². The highest BCUT2D eigenvalue weighted by atomic mass is 19.1. The molecule has 1 N–H and O–H groups in total. The summed E-state index contributed by atoms with van der Waals surface area (Å²) in [5, 5.41) is 9.22. The lowest BCUT2D eigenvalue weighted by atomic mass is 10.1. The summed E-state index contributed by atoms with van der Waals surface area (Å²) in [6.45, 7) is 3.82. The summed E-state index contributed by atoms with van der Waals surface area (Å²) in [4.78, 5) is 24.9. The van der Waals surface area contributed by atoms with Gasteiger partial charge in [-0.1, -0.05) is 24.8 Å². The molecule has 1 aliphatic rings. The Balaban J connectivity index is 2.20. The summed E-state index contributed by atoms with van der Waals surface area (Å²) < 4.78 is 13.5. The maximum absolute atomic E-state index is 13.5. The minimum atomic E-state index is -1.23. The molecule has 0 aliphatic carbocycles. The molecule has 0 spiro atoms. The zero-order chi connectivity index (χ0) is 15.1. The number of carbonyl (C=O) groups is 2. The van der Waals surface area contributed by atoms with Gasteiger partial charge in [-0.25, -0.2) is 9.18 Å². The number of aromatic carboxylic acids is 1. The smallest absolute Gasteiger partial charge is 0.337 e. The molecule has 1 amide bonds. The first-order valence-corrected chi connectivity index (χ1v) is 6.16. The normalized spacial score (nSPS) is 13.5. The van der Waals surface area contributed by atoms with Gasteiger partial charge in [0.05, 0.1) is 16.9 Å². The van der Waals surface area contributed by atoms with E-state index in [1.54, 1.807) is 24.3 Å². The lowest BCUT2D eigenvalue weighted by Crippen LogP contribution is -2.24. The lowest BCUT2D eigenvalue weighted by molar-refractivity contribution is 0.0698. The van der Waals surface area contributed by atoms with Crippen molar-refractivity contribution in [3.63, 3.8) is 0 Å². The monoisotopic (exact) mass is 283 g/mol. The quantitative estimate of drug-likeness (QED) is 0.921. The Morgan fingerprint density at radius 2 is 1.81 bits per heavy atom. The SMILES string of the molecule is C=C1c2ccccc2C(=O)N1c1cc(F)ccc1C(=O)O. The number of carboxylic acids is 1. The van der Waals surface area contributed by atoms with Crippen LogP contribution in [-0.4, -0.2) is 17.0 Å². The number of benzene rings is 2. The van der Waals surface area contributed by atoms with Crippen molar-refractivity contribution in [2.45, 2.75) is 0 Å². The van der Waals surface area contributed by atoms with Crippen LogP contribution < -0.4 is 4.90 Å². The highest BCUT2D eigenvalue weighted by Crippen LogP contribution is 2.37. The van der Waals surface area contributed by atoms with Crippen LogP contribution in [0.2, 0.25) is 0 Å². The Kier molecular flexibility index (Phi) is 2.83. The van der Waals surface area contributed by atoms with Crippen LogP contribution in [0.4, 0.5) is 10.1 Å². The van der Waals surface area contributed by atoms with Crippen molar-refractivity contribution in [1.82, 2.24) is 0 Å². The first kappa shape index (κ1) is 13.1. The summed E-state index contributed by atoms with van der Waals surface area (Å²) in [6, 6.07) is 10.0. The molecule has 1 heterocycles. The molecule has 4 nitrogen and oxygen atoms in total. The van der Waals surface area contributed by atoms with Crippen molar-refractivity contribution in [2.24, 2.45) is 0 Å². The highest BCUT2D eigenvalue weighted by Gasteiger charge is 2.34. The number of fused-ring (bicyclic) bond motifs is 1. The third kappa shape index (κ3) is 1.90. The third-order valence-corrected chi connectivity index (χ3v) is 3.37. The molecule has 2 aromatic carbocycles. The number of halogens is 1. The fourth-order valence-electron chi connectivity index (χ4n) is 2.41. The molecule has 0 saturated carbocycles. The minimum Gasteiger partial charge on any atom is -0.478 e. The standard InChI is InChI=1S/C16H10FNO3/c1-9-11-4-2-3-5-12(11)15(19)18(9)14-8-10(17)6-7-13(14)16(20)21/h2-8H,1H2,(H,20,21). The van der Waals surface area contributed by atoms with E-state index in [9.17, 15) is 19.1 Å². The molecule has 5 heteroatoms. The Hall–Kier alpha value is -2.95. The average Bonchev–Trinajstić information content (AvgIpc) is 2.71. The molecule has 2 aromatic rings. The van der Waals surface area contributed by atoms with Crippen molar-refractivity contribution in [3.8, 4) is 0 Å². The van der Waals surface area contributed by atoms with Gasteiger partial charge < -0.3 is 5.11 Å². The van der Waals surface area contributed by atoms with Crippen LogP contribution in [0, 0.1) is 5.82 Å². The fraction of sp³-hybridized carbons (Fsp3) is 0. The first-order chi connectivity index (χ1) is 10.0. The van der Waals surface area contributed by atoms with Crippen LogP contribution >= 0.6 is 0 Å². The van der Waals surface area contributed by atoms with Crippen LogP contribution in [0.3, 0.4) is 0 Å². The zero-order valence-corrected chi connectivity index (χ0v) is 10.8. The first-order valence-electron chi connectivity index (χ1n) is 6.16. The van der Waals surface area contributed by atoms with Gasteiger partial charge >= 0.3 is 5.97 Å². The molecular formula is C16H10FNO3. The van der Waals surface area contributed by atoms with Crippen LogP contribution in [-0.2, 0) is 0 Å². The fourth-order valence-corrected chi connectivity index (χ4v) is 2.41. The van der Waals surface area contributed by atoms with Gasteiger partial charge in [0.25, 0.3) is 5.91 Å². The van der Waals surface area contributed by atoms with Crippen molar-refractivity contribution in [1.29, 1.82) is 0 Å². The molecule has 21 heavy (non-hydrogen) atoms. The van der Waals surface area contributed by atoms with E-state index in [1.165, 1.54) is 0 Å². The molecule has 104 valence electrons. The van der Waals surface area contributed by atoms with Gasteiger partial charge in [0.2, 0.25) is 0 Å². The van der Waals surface area contributed by atoms with E-state index < -0.39 is 17.7 Å². The number of carbonyl (C=O) groups excluding carboxylic acids is 1. The lowest BCUT2D eigenvalue weighted by Gasteiger charge is -2.19. The molecule has 0 radical (unpaired) electrons. The Morgan fingerprint density at radius 1 is 1.14 bits per heavy atom. The van der Waals surface area contributed by atoms with Gasteiger partial charge in [0, 0.05) is 11.1 Å². The molecule has 1 aliphatic heterocycles. The summed E-state index contributed by atoms with van der Waals surface area (Å²) in [7, 11) is 0. The zero-order valence-electron chi connectivity index (χ0n) is 10.8. The van der Waals surface area contributed by atoms with Crippen LogP contribution in [0.25, 0.3) is 5.70 Å². The molecule has 0 atom stereocenters. The van der Waals surface area contributed by atoms with Crippen molar-refractivity contribution >= 4 is 23.3 Å². The van der Waals surface area contributed by atoms with Crippen LogP contribution in [0.15, 0.2) is 49.0 Å². The van der Waals surface area contributed by atoms with Gasteiger partial charge in [-0.2, -0.15) is 0 Å². The number of hydrogen-bond acceptors (Lipinski definition) is 2. The maximum Gasteiger partial charge on any atom is 0.337 e. The van der Waals surface area contributed by atoms with E-state index in [0.717, 1.165) is 23.1 Å². The van der Waals surface area contributed by atoms with E-state index >= 15 is 0 Å². The number of hydrogen-bond donors (Lipinski definition) is 1. The molecule has 0 fully saturated rings. The van der Waals surface area contributed by atoms with Gasteiger partial charge in [-0.3, -0.25) is 9.69 Å². The topological polar surface area (TPSA) is 57.6 Å². The number of amides is 1. The van der Waals surface area contributed by atoms with Crippen molar-refractivity contribution in [3.05, 3.63) is 71.6 Å². The number of carboxylic acid groups (broad SMARTS) is 1. The summed E-state index contributed by atoms with van der Waals surface area (Å²) >= 11 is 0. The summed E-state index contributed by atoms with van der Waals surface area (Å²) in [5.74, 6) is -2.27. The second-order valence-corrected chi connectivity index (χ2v) is 4.60. The van der Waals surface area contributed by atoms with E-state index in [4.69, 9.17) is 0 Å². The predicted molar refractivity (Wildman–Crippen MR) is 75.6 cm³/mol. The van der Waals surface area contributed by atoms with Crippen molar-refractivity contribution in [2.75, 3.05) is 4.90 Å². The molecule has 3 rings (SSSR count). The summed E-state index contributed by atoms with van der Waals surface area (Å²) in [5.41, 5.74) is 1.20. The van der Waals surface area contributed by atoms with E-state index in [1.807, 2.05) is 0 Å². The van der Waals surface area contributed by atoms with Crippen LogP contribution in [0.1, 0.15) is 26.3 Å². The van der Waals surface area contributed by atoms with Crippen molar-refractivity contribution < 1.29 is 19.1 Å².